The van der Waals surface area contributed by atoms with E-state index in [0.717, 1.165) is 0 Å². The third-order valence-corrected chi connectivity index (χ3v) is 3.26. The summed E-state index contributed by atoms with van der Waals surface area (Å²) >= 11 is 0. The molecular weight excluding hydrogens is 268 g/mol. The molecule has 1 fully saturated rings. The molecular formula is C12H18N2O6. The lowest BCUT2D eigenvalue weighted by Gasteiger charge is -2.38. The fourth-order valence-electron chi connectivity index (χ4n) is 1.81. The molecule has 0 aliphatic carbocycles. The van der Waals surface area contributed by atoms with Crippen molar-refractivity contribution in [3.8, 4) is 0 Å². The number of ketones is 1. The Morgan fingerprint density at radius 1 is 1.20 bits per heavy atom. The number of amides is 1. The van der Waals surface area contributed by atoms with Crippen molar-refractivity contribution in [3.63, 3.8) is 0 Å². The molecule has 0 aromatic heterocycles. The van der Waals surface area contributed by atoms with E-state index in [4.69, 9.17) is 0 Å². The van der Waals surface area contributed by atoms with Gasteiger partial charge in [0.05, 0.1) is 26.7 Å². The zero-order valence-corrected chi connectivity index (χ0v) is 11.6. The number of hydrogen-bond donors (Lipinski definition) is 2. The molecule has 1 aliphatic rings. The van der Waals surface area contributed by atoms with Gasteiger partial charge >= 0.3 is 11.9 Å². The molecule has 1 atom stereocenters. The van der Waals surface area contributed by atoms with Crippen LogP contribution in [0.3, 0.4) is 0 Å². The third kappa shape index (κ3) is 3.13. The topological polar surface area (TPSA) is 111 Å². The van der Waals surface area contributed by atoms with E-state index in [0.29, 0.717) is 0 Å². The Labute approximate surface area is 116 Å². The van der Waals surface area contributed by atoms with Crippen LogP contribution in [0.4, 0.5) is 0 Å². The molecule has 0 saturated carbocycles. The minimum absolute atomic E-state index is 0.133. The van der Waals surface area contributed by atoms with Crippen LogP contribution in [0.2, 0.25) is 0 Å². The Morgan fingerprint density at radius 3 is 2.15 bits per heavy atom. The number of rotatable bonds is 6. The molecule has 8 nitrogen and oxygen atoms in total. The zero-order chi connectivity index (χ0) is 15.3. The molecule has 2 N–H and O–H groups in total. The van der Waals surface area contributed by atoms with Gasteiger partial charge in [0, 0.05) is 13.1 Å². The fourth-order valence-corrected chi connectivity index (χ4v) is 1.81. The second-order valence-electron chi connectivity index (χ2n) is 4.59. The molecule has 1 rings (SSSR count). The number of carbonyl (C=O) groups excluding carboxylic acids is 4. The van der Waals surface area contributed by atoms with E-state index >= 15 is 0 Å². The maximum absolute atomic E-state index is 12.2. The van der Waals surface area contributed by atoms with Crippen LogP contribution in [0.1, 0.15) is 13.3 Å². The lowest BCUT2D eigenvalue weighted by molar-refractivity contribution is -0.163. The summed E-state index contributed by atoms with van der Waals surface area (Å²) < 4.78 is 9.07. The average Bonchev–Trinajstić information content (AvgIpc) is 2.35. The van der Waals surface area contributed by atoms with E-state index in [9.17, 15) is 19.2 Å². The second kappa shape index (κ2) is 6.47. The molecule has 1 unspecified atom stereocenters. The summed E-state index contributed by atoms with van der Waals surface area (Å²) in [6.45, 7) is 1.51. The number of nitrogens with one attached hydrogen (secondary N) is 2. The van der Waals surface area contributed by atoms with Gasteiger partial charge in [0.2, 0.25) is 5.91 Å². The van der Waals surface area contributed by atoms with Gasteiger partial charge in [0.1, 0.15) is 0 Å². The van der Waals surface area contributed by atoms with E-state index in [-0.39, 0.29) is 19.5 Å². The van der Waals surface area contributed by atoms with E-state index in [1.807, 2.05) is 0 Å². The van der Waals surface area contributed by atoms with Crippen LogP contribution in [0.25, 0.3) is 0 Å². The lowest BCUT2D eigenvalue weighted by atomic mass is 9.80. The number of methoxy groups -OCH3 is 2. The summed E-state index contributed by atoms with van der Waals surface area (Å²) in [5, 5.41) is 5.22. The van der Waals surface area contributed by atoms with Crippen LogP contribution in [0, 0.1) is 5.41 Å². The Hall–Kier alpha value is -1.96. The summed E-state index contributed by atoms with van der Waals surface area (Å²) in [7, 11) is 2.37. The van der Waals surface area contributed by atoms with Crippen molar-refractivity contribution in [3.05, 3.63) is 0 Å². The Bertz CT molecular complexity index is 430. The molecule has 8 heteroatoms. The number of carbonyl (C=O) groups is 4. The van der Waals surface area contributed by atoms with Gasteiger partial charge in [0.25, 0.3) is 0 Å². The highest BCUT2D eigenvalue weighted by Gasteiger charge is 2.53. The first-order valence-electron chi connectivity index (χ1n) is 6.04. The summed E-state index contributed by atoms with van der Waals surface area (Å²) in [5.41, 5.74) is -1.33. The Kier molecular flexibility index (Phi) is 5.20. The third-order valence-electron chi connectivity index (χ3n) is 3.26. The van der Waals surface area contributed by atoms with Crippen molar-refractivity contribution in [2.24, 2.45) is 5.41 Å². The first-order chi connectivity index (χ1) is 9.37. The van der Waals surface area contributed by atoms with Gasteiger partial charge in [-0.25, -0.2) is 0 Å². The van der Waals surface area contributed by atoms with Crippen molar-refractivity contribution < 1.29 is 28.7 Å². The molecule has 1 heterocycles. The number of Topliss-reactive ketones (excluding diaryl/α,β-unsaturated/α-hetero) is 1. The molecule has 1 saturated heterocycles. The molecule has 0 aromatic carbocycles. The van der Waals surface area contributed by atoms with Crippen LogP contribution in [0.5, 0.6) is 0 Å². The van der Waals surface area contributed by atoms with Crippen molar-refractivity contribution in [1.29, 1.82) is 0 Å². The average molecular weight is 286 g/mol. The Morgan fingerprint density at radius 2 is 1.80 bits per heavy atom. The maximum atomic E-state index is 12.2. The van der Waals surface area contributed by atoms with Crippen molar-refractivity contribution in [2.45, 2.75) is 19.4 Å². The molecule has 0 radical (unpaired) electrons. The van der Waals surface area contributed by atoms with Crippen LogP contribution in [0.15, 0.2) is 0 Å². The number of esters is 2. The summed E-state index contributed by atoms with van der Waals surface area (Å²) in [5.74, 6) is -2.32. The summed E-state index contributed by atoms with van der Waals surface area (Å²) in [6.07, 6.45) is -0.276. The minimum atomic E-state index is -1.33. The van der Waals surface area contributed by atoms with Crippen LogP contribution < -0.4 is 10.6 Å². The summed E-state index contributed by atoms with van der Waals surface area (Å²) in [4.78, 5) is 46.5. The molecule has 112 valence electrons. The molecule has 0 aromatic rings. The van der Waals surface area contributed by atoms with E-state index in [2.05, 4.69) is 20.1 Å². The maximum Gasteiger partial charge on any atom is 0.324 e. The van der Waals surface area contributed by atoms with Gasteiger partial charge in [-0.1, -0.05) is 0 Å². The van der Waals surface area contributed by atoms with Gasteiger partial charge in [-0.3, -0.25) is 19.2 Å². The molecule has 0 bridgehead atoms. The molecule has 1 aliphatic heterocycles. The zero-order valence-electron chi connectivity index (χ0n) is 11.6. The quantitative estimate of drug-likeness (QED) is 0.446. The van der Waals surface area contributed by atoms with Crippen molar-refractivity contribution in [1.82, 2.24) is 10.6 Å². The standard InChI is InChI=1S/C12H18N2O6/c1-7(15)8(4-9(16)19-2)14-10(17)12(5-13-6-12)11(18)20-3/h8,13H,4-6H2,1-3H3,(H,14,17). The van der Waals surface area contributed by atoms with Gasteiger partial charge in [-0.15, -0.1) is 0 Å². The highest BCUT2D eigenvalue weighted by molar-refractivity contribution is 6.06. The van der Waals surface area contributed by atoms with Crippen LogP contribution in [-0.4, -0.2) is 57.0 Å². The predicted octanol–water partition coefficient (Wildman–Crippen LogP) is -1.61. The molecule has 20 heavy (non-hydrogen) atoms. The molecule has 0 spiro atoms. The normalized spacial score (nSPS) is 17.4. The number of ether oxygens (including phenoxy) is 2. The van der Waals surface area contributed by atoms with Gasteiger partial charge in [-0.05, 0) is 6.92 Å². The second-order valence-corrected chi connectivity index (χ2v) is 4.59. The van der Waals surface area contributed by atoms with Crippen molar-refractivity contribution in [2.75, 3.05) is 27.3 Å². The lowest BCUT2D eigenvalue weighted by Crippen LogP contribution is -2.67. The van der Waals surface area contributed by atoms with Gasteiger partial charge in [-0.2, -0.15) is 0 Å². The van der Waals surface area contributed by atoms with E-state index in [1.165, 1.54) is 21.1 Å². The number of hydrogen-bond acceptors (Lipinski definition) is 7. The minimum Gasteiger partial charge on any atom is -0.469 e. The SMILES string of the molecule is COC(=O)CC(NC(=O)C1(C(=O)OC)CNC1)C(C)=O. The van der Waals surface area contributed by atoms with Gasteiger partial charge < -0.3 is 20.1 Å². The van der Waals surface area contributed by atoms with E-state index in [1.54, 1.807) is 0 Å². The predicted molar refractivity (Wildman–Crippen MR) is 66.6 cm³/mol. The monoisotopic (exact) mass is 286 g/mol. The van der Waals surface area contributed by atoms with Crippen molar-refractivity contribution >= 4 is 23.6 Å². The van der Waals surface area contributed by atoms with Crippen LogP contribution >= 0.6 is 0 Å². The first-order valence-corrected chi connectivity index (χ1v) is 6.04. The van der Waals surface area contributed by atoms with Crippen LogP contribution in [-0.2, 0) is 28.7 Å². The Balaban J connectivity index is 2.77. The molecule has 1 amide bonds. The largest absolute Gasteiger partial charge is 0.469 e. The van der Waals surface area contributed by atoms with E-state index < -0.39 is 35.1 Å². The first kappa shape index (κ1) is 16.1. The highest BCUT2D eigenvalue weighted by atomic mass is 16.5. The smallest absolute Gasteiger partial charge is 0.324 e. The highest BCUT2D eigenvalue weighted by Crippen LogP contribution is 2.25. The van der Waals surface area contributed by atoms with Gasteiger partial charge in [0.15, 0.2) is 11.2 Å². The summed E-state index contributed by atoms with van der Waals surface area (Å²) in [6, 6.07) is -1.02. The fraction of sp³-hybridized carbons (Fsp3) is 0.667.